The number of nitrogens with zero attached hydrogens (tertiary/aromatic N) is 1. The zero-order chi connectivity index (χ0) is 11.3. The van der Waals surface area contributed by atoms with E-state index in [0.29, 0.717) is 6.54 Å². The minimum atomic E-state index is -0.379. The van der Waals surface area contributed by atoms with E-state index in [1.807, 2.05) is 0 Å². The maximum atomic E-state index is 11.8. The predicted octanol–water partition coefficient (Wildman–Crippen LogP) is 0.487. The van der Waals surface area contributed by atoms with Crippen molar-refractivity contribution in [3.05, 3.63) is 0 Å². The molecule has 0 aromatic rings. The molecule has 1 aliphatic rings. The van der Waals surface area contributed by atoms with E-state index in [-0.39, 0.29) is 18.1 Å². The molecule has 1 aliphatic heterocycles. The number of β-amino-alcohol motifs (C(OH)–C–C–N with tert-alkyl or cyclic N) is 1. The van der Waals surface area contributed by atoms with Gasteiger partial charge in [0.1, 0.15) is 0 Å². The van der Waals surface area contributed by atoms with Gasteiger partial charge in [-0.1, -0.05) is 19.8 Å². The lowest BCUT2D eigenvalue weighted by molar-refractivity contribution is -0.135. The molecule has 0 aromatic carbocycles. The topological polar surface area (TPSA) is 66.6 Å². The van der Waals surface area contributed by atoms with E-state index in [1.165, 1.54) is 0 Å². The molecule has 1 unspecified atom stereocenters. The Morgan fingerprint density at radius 1 is 1.67 bits per heavy atom. The molecule has 0 bridgehead atoms. The summed E-state index contributed by atoms with van der Waals surface area (Å²) in [5.74, 6) is 0.00204. The van der Waals surface area contributed by atoms with Gasteiger partial charge >= 0.3 is 0 Å². The van der Waals surface area contributed by atoms with Crippen molar-refractivity contribution in [2.75, 3.05) is 13.1 Å². The van der Waals surface area contributed by atoms with Gasteiger partial charge in [-0.3, -0.25) is 4.79 Å². The third-order valence-corrected chi connectivity index (χ3v) is 2.89. The molecular weight excluding hydrogens is 192 g/mol. The molecule has 4 heteroatoms. The van der Waals surface area contributed by atoms with Crippen molar-refractivity contribution in [3.8, 4) is 0 Å². The number of aliphatic hydroxyl groups is 1. The molecular formula is C11H22N2O2. The highest BCUT2D eigenvalue weighted by molar-refractivity contribution is 5.81. The highest BCUT2D eigenvalue weighted by atomic mass is 16.3. The van der Waals surface area contributed by atoms with Crippen molar-refractivity contribution in [3.63, 3.8) is 0 Å². The Hall–Kier alpha value is -0.610. The number of likely N-dealkylation sites (tertiary alicyclic amines) is 1. The normalized spacial score (nSPS) is 23.9. The Balaban J connectivity index is 2.37. The maximum Gasteiger partial charge on any atom is 0.239 e. The summed E-state index contributed by atoms with van der Waals surface area (Å²) in [6.45, 7) is 3.29. The molecule has 1 rings (SSSR count). The number of carbonyl (C=O) groups excluding carboxylic acids is 1. The Morgan fingerprint density at radius 2 is 2.40 bits per heavy atom. The average molecular weight is 214 g/mol. The highest BCUT2D eigenvalue weighted by Gasteiger charge is 2.25. The van der Waals surface area contributed by atoms with Crippen molar-refractivity contribution in [2.45, 2.75) is 51.2 Å². The molecule has 0 aromatic heterocycles. The van der Waals surface area contributed by atoms with E-state index in [9.17, 15) is 9.90 Å². The van der Waals surface area contributed by atoms with Crippen molar-refractivity contribution < 1.29 is 9.90 Å². The first-order valence-corrected chi connectivity index (χ1v) is 5.87. The fourth-order valence-corrected chi connectivity index (χ4v) is 1.94. The summed E-state index contributed by atoms with van der Waals surface area (Å²) >= 11 is 0. The van der Waals surface area contributed by atoms with Gasteiger partial charge in [0.05, 0.1) is 12.1 Å². The van der Waals surface area contributed by atoms with Crippen LogP contribution in [0.2, 0.25) is 0 Å². The minimum absolute atomic E-state index is 0.00204. The lowest BCUT2D eigenvalue weighted by Gasteiger charge is -2.31. The van der Waals surface area contributed by atoms with Crippen molar-refractivity contribution >= 4 is 5.91 Å². The smallest absolute Gasteiger partial charge is 0.239 e. The highest BCUT2D eigenvalue weighted by Crippen LogP contribution is 2.12. The van der Waals surface area contributed by atoms with Crippen molar-refractivity contribution in [2.24, 2.45) is 5.73 Å². The zero-order valence-corrected chi connectivity index (χ0v) is 9.48. The first kappa shape index (κ1) is 12.5. The second kappa shape index (κ2) is 6.08. The standard InChI is InChI=1S/C11H22N2O2/c1-2-3-6-10(12)11(15)13-7-4-5-9(14)8-13/h9-10,14H,2-8,12H2,1H3/t9?,10-/m0/s1. The molecule has 4 nitrogen and oxygen atoms in total. The summed E-state index contributed by atoms with van der Waals surface area (Å²) in [6.07, 6.45) is 4.12. The monoisotopic (exact) mass is 214 g/mol. The second-order valence-electron chi connectivity index (χ2n) is 4.33. The zero-order valence-electron chi connectivity index (χ0n) is 9.48. The molecule has 1 amide bonds. The van der Waals surface area contributed by atoms with Gasteiger partial charge in [0.2, 0.25) is 5.91 Å². The number of amides is 1. The molecule has 0 aliphatic carbocycles. The molecule has 1 saturated heterocycles. The molecule has 0 saturated carbocycles. The average Bonchev–Trinajstić information content (AvgIpc) is 2.24. The summed E-state index contributed by atoms with van der Waals surface area (Å²) in [5.41, 5.74) is 5.81. The molecule has 0 radical (unpaired) electrons. The Bertz CT molecular complexity index is 209. The molecule has 1 fully saturated rings. The van der Waals surface area contributed by atoms with Crippen LogP contribution in [0.1, 0.15) is 39.0 Å². The number of unbranched alkanes of at least 4 members (excludes halogenated alkanes) is 1. The van der Waals surface area contributed by atoms with E-state index >= 15 is 0 Å². The third-order valence-electron chi connectivity index (χ3n) is 2.89. The summed E-state index contributed by atoms with van der Waals surface area (Å²) in [5, 5.41) is 9.45. The largest absolute Gasteiger partial charge is 0.391 e. The van der Waals surface area contributed by atoms with Crippen LogP contribution in [0.25, 0.3) is 0 Å². The summed E-state index contributed by atoms with van der Waals surface area (Å²) in [4.78, 5) is 13.5. The van der Waals surface area contributed by atoms with Crippen LogP contribution in [0.15, 0.2) is 0 Å². The van der Waals surface area contributed by atoms with Crippen LogP contribution in [0.3, 0.4) is 0 Å². The van der Waals surface area contributed by atoms with Gasteiger partial charge in [0, 0.05) is 13.1 Å². The van der Waals surface area contributed by atoms with Crippen LogP contribution in [-0.2, 0) is 4.79 Å². The van der Waals surface area contributed by atoms with Gasteiger partial charge < -0.3 is 15.7 Å². The van der Waals surface area contributed by atoms with Gasteiger partial charge in [0.25, 0.3) is 0 Å². The summed E-state index contributed by atoms with van der Waals surface area (Å²) in [7, 11) is 0. The Kier molecular flexibility index (Phi) is 5.05. The number of hydrogen-bond acceptors (Lipinski definition) is 3. The van der Waals surface area contributed by atoms with Crippen LogP contribution in [-0.4, -0.2) is 41.1 Å². The molecule has 1 heterocycles. The van der Waals surface area contributed by atoms with E-state index in [1.54, 1.807) is 4.90 Å². The van der Waals surface area contributed by atoms with Gasteiger partial charge in [-0.15, -0.1) is 0 Å². The molecule has 2 atom stereocenters. The summed E-state index contributed by atoms with van der Waals surface area (Å²) < 4.78 is 0. The lowest BCUT2D eigenvalue weighted by atomic mass is 10.1. The molecule has 3 N–H and O–H groups in total. The van der Waals surface area contributed by atoms with Crippen LogP contribution in [0, 0.1) is 0 Å². The SMILES string of the molecule is CCCC[C@H](N)C(=O)N1CCCC(O)C1. The van der Waals surface area contributed by atoms with Crippen LogP contribution in [0.4, 0.5) is 0 Å². The van der Waals surface area contributed by atoms with E-state index in [4.69, 9.17) is 5.73 Å². The third kappa shape index (κ3) is 3.80. The van der Waals surface area contributed by atoms with Crippen LogP contribution in [0.5, 0.6) is 0 Å². The lowest BCUT2D eigenvalue weighted by Crippen LogP contribution is -2.49. The van der Waals surface area contributed by atoms with Gasteiger partial charge in [-0.05, 0) is 19.3 Å². The Morgan fingerprint density at radius 3 is 3.00 bits per heavy atom. The van der Waals surface area contributed by atoms with E-state index in [2.05, 4.69) is 6.92 Å². The second-order valence-corrected chi connectivity index (χ2v) is 4.33. The van der Waals surface area contributed by atoms with Crippen LogP contribution >= 0.6 is 0 Å². The fourth-order valence-electron chi connectivity index (χ4n) is 1.94. The maximum absolute atomic E-state index is 11.8. The van der Waals surface area contributed by atoms with Gasteiger partial charge in [-0.2, -0.15) is 0 Å². The number of hydrogen-bond donors (Lipinski definition) is 2. The number of carbonyl (C=O) groups is 1. The number of piperidine rings is 1. The summed E-state index contributed by atoms with van der Waals surface area (Å²) in [6, 6.07) is -0.379. The number of aliphatic hydroxyl groups excluding tert-OH is 1. The first-order chi connectivity index (χ1) is 7.15. The van der Waals surface area contributed by atoms with Crippen molar-refractivity contribution in [1.29, 1.82) is 0 Å². The molecule has 15 heavy (non-hydrogen) atoms. The van der Waals surface area contributed by atoms with Crippen LogP contribution < -0.4 is 5.73 Å². The number of rotatable bonds is 4. The van der Waals surface area contributed by atoms with E-state index in [0.717, 1.165) is 38.6 Å². The molecule has 0 spiro atoms. The quantitative estimate of drug-likeness (QED) is 0.715. The first-order valence-electron chi connectivity index (χ1n) is 5.87. The predicted molar refractivity (Wildman–Crippen MR) is 59.3 cm³/mol. The minimum Gasteiger partial charge on any atom is -0.391 e. The number of nitrogens with two attached hydrogens (primary N) is 1. The van der Waals surface area contributed by atoms with Crippen molar-refractivity contribution in [1.82, 2.24) is 4.90 Å². The van der Waals surface area contributed by atoms with Gasteiger partial charge in [0.15, 0.2) is 0 Å². The Labute approximate surface area is 91.4 Å². The van der Waals surface area contributed by atoms with E-state index < -0.39 is 0 Å². The van der Waals surface area contributed by atoms with Gasteiger partial charge in [-0.25, -0.2) is 0 Å². The fraction of sp³-hybridized carbons (Fsp3) is 0.909. The molecule has 88 valence electrons.